The van der Waals surface area contributed by atoms with E-state index in [2.05, 4.69) is 12.8 Å². The quantitative estimate of drug-likeness (QED) is 0.305. The highest BCUT2D eigenvalue weighted by Gasteiger charge is 1.90. The maximum atomic E-state index is 5.28. The molecule has 0 atom stereocenters. The van der Waals surface area contributed by atoms with E-state index in [4.69, 9.17) is 15.9 Å². The van der Waals surface area contributed by atoms with Crippen molar-refractivity contribution in [1.29, 1.82) is 0 Å². The largest absolute Gasteiger partial charge is 0.355 e. The van der Waals surface area contributed by atoms with Crippen molar-refractivity contribution in [2.75, 3.05) is 20.0 Å². The van der Waals surface area contributed by atoms with Crippen LogP contribution in [-0.2, 0) is 9.47 Å². The molecular formula is C12H22O2. The Kier molecular flexibility index (Phi) is 12.0. The smallest absolute Gasteiger partial charge is 0.146 e. The number of hydrogen-bond donors (Lipinski definition) is 0. The SMILES string of the molecule is C#CCCCCOCOCCCCC. The molecule has 0 aromatic heterocycles. The second-order valence-corrected chi connectivity index (χ2v) is 3.30. The molecule has 0 aliphatic carbocycles. The van der Waals surface area contributed by atoms with Crippen LogP contribution in [0.4, 0.5) is 0 Å². The van der Waals surface area contributed by atoms with Crippen LogP contribution in [0.3, 0.4) is 0 Å². The monoisotopic (exact) mass is 198 g/mol. The van der Waals surface area contributed by atoms with Gasteiger partial charge in [0, 0.05) is 19.6 Å². The Labute approximate surface area is 88.0 Å². The molecule has 0 heterocycles. The Hall–Kier alpha value is -0.520. The van der Waals surface area contributed by atoms with E-state index in [1.807, 2.05) is 0 Å². The van der Waals surface area contributed by atoms with Gasteiger partial charge in [-0.05, 0) is 19.3 Å². The van der Waals surface area contributed by atoms with Gasteiger partial charge >= 0.3 is 0 Å². The minimum atomic E-state index is 0.430. The highest BCUT2D eigenvalue weighted by molar-refractivity contribution is 4.82. The van der Waals surface area contributed by atoms with E-state index >= 15 is 0 Å². The molecule has 0 aromatic carbocycles. The number of rotatable bonds is 10. The molecule has 82 valence electrons. The Bertz CT molecular complexity index is 138. The number of unbranched alkanes of at least 4 members (excludes halogenated alkanes) is 4. The van der Waals surface area contributed by atoms with Crippen LogP contribution in [0.15, 0.2) is 0 Å². The zero-order valence-electron chi connectivity index (χ0n) is 9.26. The summed E-state index contributed by atoms with van der Waals surface area (Å²) in [6.07, 6.45) is 11.7. The van der Waals surface area contributed by atoms with Crippen molar-refractivity contribution < 1.29 is 9.47 Å². The van der Waals surface area contributed by atoms with Crippen molar-refractivity contribution in [2.24, 2.45) is 0 Å². The third kappa shape index (κ3) is 11.5. The summed E-state index contributed by atoms with van der Waals surface area (Å²) in [4.78, 5) is 0. The summed E-state index contributed by atoms with van der Waals surface area (Å²) in [7, 11) is 0. The molecule has 0 aromatic rings. The molecule has 0 rings (SSSR count). The van der Waals surface area contributed by atoms with E-state index in [1.165, 1.54) is 12.8 Å². The minimum absolute atomic E-state index is 0.430. The molecule has 0 radical (unpaired) electrons. The van der Waals surface area contributed by atoms with Gasteiger partial charge in [0.05, 0.1) is 0 Å². The second-order valence-electron chi connectivity index (χ2n) is 3.30. The predicted molar refractivity (Wildman–Crippen MR) is 59.0 cm³/mol. The van der Waals surface area contributed by atoms with Gasteiger partial charge < -0.3 is 9.47 Å². The maximum Gasteiger partial charge on any atom is 0.146 e. The lowest BCUT2D eigenvalue weighted by Gasteiger charge is -2.04. The summed E-state index contributed by atoms with van der Waals surface area (Å²) in [5.74, 6) is 2.61. The van der Waals surface area contributed by atoms with Gasteiger partial charge in [0.2, 0.25) is 0 Å². The first kappa shape index (κ1) is 13.5. The molecular weight excluding hydrogens is 176 g/mol. The summed E-state index contributed by atoms with van der Waals surface area (Å²) in [5.41, 5.74) is 0. The van der Waals surface area contributed by atoms with E-state index in [9.17, 15) is 0 Å². The van der Waals surface area contributed by atoms with Crippen molar-refractivity contribution in [3.8, 4) is 12.3 Å². The van der Waals surface area contributed by atoms with Crippen molar-refractivity contribution >= 4 is 0 Å². The standard InChI is InChI=1S/C12H22O2/c1-3-5-7-9-11-14-12-13-10-8-6-4-2/h1H,4-12H2,2H3. The molecule has 0 saturated carbocycles. The summed E-state index contributed by atoms with van der Waals surface area (Å²) >= 11 is 0. The molecule has 0 aliphatic heterocycles. The van der Waals surface area contributed by atoms with E-state index in [0.717, 1.165) is 38.9 Å². The van der Waals surface area contributed by atoms with Crippen molar-refractivity contribution in [3.05, 3.63) is 0 Å². The molecule has 0 bridgehead atoms. The summed E-state index contributed by atoms with van der Waals surface area (Å²) in [6.45, 7) is 4.19. The predicted octanol–water partition coefficient (Wildman–Crippen LogP) is 2.97. The number of ether oxygens (including phenoxy) is 2. The first-order valence-electron chi connectivity index (χ1n) is 5.50. The average molecular weight is 198 g/mol. The molecule has 0 N–H and O–H groups in total. The lowest BCUT2D eigenvalue weighted by Crippen LogP contribution is -2.02. The van der Waals surface area contributed by atoms with Crippen LogP contribution in [0.25, 0.3) is 0 Å². The molecule has 14 heavy (non-hydrogen) atoms. The molecule has 0 spiro atoms. The summed E-state index contributed by atoms with van der Waals surface area (Å²) in [5, 5.41) is 0. The zero-order valence-corrected chi connectivity index (χ0v) is 9.26. The highest BCUT2D eigenvalue weighted by Crippen LogP contribution is 1.96. The van der Waals surface area contributed by atoms with Crippen LogP contribution in [0.1, 0.15) is 45.4 Å². The zero-order chi connectivity index (χ0) is 10.5. The Morgan fingerprint density at radius 2 is 1.64 bits per heavy atom. The molecule has 0 saturated heterocycles. The van der Waals surface area contributed by atoms with E-state index in [-0.39, 0.29) is 0 Å². The fraction of sp³-hybridized carbons (Fsp3) is 0.833. The Morgan fingerprint density at radius 1 is 1.00 bits per heavy atom. The van der Waals surface area contributed by atoms with E-state index < -0.39 is 0 Å². The highest BCUT2D eigenvalue weighted by atomic mass is 16.7. The van der Waals surface area contributed by atoms with Crippen LogP contribution in [0.5, 0.6) is 0 Å². The maximum absolute atomic E-state index is 5.28. The van der Waals surface area contributed by atoms with Crippen LogP contribution >= 0.6 is 0 Å². The van der Waals surface area contributed by atoms with E-state index in [1.54, 1.807) is 0 Å². The van der Waals surface area contributed by atoms with Gasteiger partial charge in [0.25, 0.3) is 0 Å². The molecule has 0 aliphatic rings. The molecule has 0 fully saturated rings. The molecule has 2 heteroatoms. The Morgan fingerprint density at radius 3 is 2.21 bits per heavy atom. The summed E-state index contributed by atoms with van der Waals surface area (Å²) in [6, 6.07) is 0. The summed E-state index contributed by atoms with van der Waals surface area (Å²) < 4.78 is 10.5. The van der Waals surface area contributed by atoms with Crippen molar-refractivity contribution in [3.63, 3.8) is 0 Å². The van der Waals surface area contributed by atoms with Crippen LogP contribution in [0, 0.1) is 12.3 Å². The van der Waals surface area contributed by atoms with E-state index in [0.29, 0.717) is 6.79 Å². The van der Waals surface area contributed by atoms with Gasteiger partial charge in [-0.25, -0.2) is 0 Å². The minimum Gasteiger partial charge on any atom is -0.355 e. The first-order valence-corrected chi connectivity index (χ1v) is 5.50. The van der Waals surface area contributed by atoms with Gasteiger partial charge in [-0.1, -0.05) is 19.8 Å². The van der Waals surface area contributed by atoms with Gasteiger partial charge in [-0.3, -0.25) is 0 Å². The number of hydrogen-bond acceptors (Lipinski definition) is 2. The lowest BCUT2D eigenvalue weighted by atomic mass is 10.2. The molecule has 0 amide bonds. The third-order valence-electron chi connectivity index (χ3n) is 1.92. The van der Waals surface area contributed by atoms with Crippen LogP contribution in [0.2, 0.25) is 0 Å². The van der Waals surface area contributed by atoms with Gasteiger partial charge in [0.1, 0.15) is 6.79 Å². The normalized spacial score (nSPS) is 10.0. The number of terminal acetylenes is 1. The van der Waals surface area contributed by atoms with Gasteiger partial charge in [-0.15, -0.1) is 12.3 Å². The Balaban J connectivity index is 2.82. The topological polar surface area (TPSA) is 18.5 Å². The fourth-order valence-electron chi connectivity index (χ4n) is 1.06. The molecule has 0 unspecified atom stereocenters. The van der Waals surface area contributed by atoms with Crippen LogP contribution < -0.4 is 0 Å². The molecule has 2 nitrogen and oxygen atoms in total. The van der Waals surface area contributed by atoms with Crippen LogP contribution in [-0.4, -0.2) is 20.0 Å². The first-order chi connectivity index (χ1) is 6.91. The van der Waals surface area contributed by atoms with Crippen molar-refractivity contribution in [2.45, 2.75) is 45.4 Å². The average Bonchev–Trinajstić information content (AvgIpc) is 2.21. The second kappa shape index (κ2) is 12.5. The fourth-order valence-corrected chi connectivity index (χ4v) is 1.06. The van der Waals surface area contributed by atoms with Gasteiger partial charge in [-0.2, -0.15) is 0 Å². The van der Waals surface area contributed by atoms with Crippen molar-refractivity contribution in [1.82, 2.24) is 0 Å². The third-order valence-corrected chi connectivity index (χ3v) is 1.92. The van der Waals surface area contributed by atoms with Gasteiger partial charge in [0.15, 0.2) is 0 Å². The lowest BCUT2D eigenvalue weighted by molar-refractivity contribution is -0.0553.